The van der Waals surface area contributed by atoms with Crippen LogP contribution in [0.5, 0.6) is 0 Å². The number of halogens is 1. The third-order valence-corrected chi connectivity index (χ3v) is 6.93. The summed E-state index contributed by atoms with van der Waals surface area (Å²) < 4.78 is 13.8. The minimum atomic E-state index is -0.958. The van der Waals surface area contributed by atoms with Crippen molar-refractivity contribution in [3.8, 4) is 11.5 Å². The number of oxazole rings is 1. The number of hydrogen-bond acceptors (Lipinski definition) is 7. The largest absolute Gasteiger partial charge is 0.444 e. The van der Waals surface area contributed by atoms with Crippen LogP contribution in [0, 0.1) is 0 Å². The first-order valence-electron chi connectivity index (χ1n) is 12.1. The van der Waals surface area contributed by atoms with Crippen LogP contribution in [0.15, 0.2) is 37.9 Å². The first kappa shape index (κ1) is 26.2. The van der Waals surface area contributed by atoms with Gasteiger partial charge in [-0.05, 0) is 74.7 Å². The van der Waals surface area contributed by atoms with Gasteiger partial charge in [-0.3, -0.25) is 4.79 Å². The van der Waals surface area contributed by atoms with Crippen LogP contribution in [0.25, 0.3) is 22.6 Å². The smallest absolute Gasteiger partial charge is 0.410 e. The molecule has 1 aliphatic heterocycles. The second-order valence-corrected chi connectivity index (χ2v) is 11.3. The number of amides is 1. The fraction of sp³-hybridized carbons (Fsp3) is 0.500. The zero-order valence-corrected chi connectivity index (χ0v) is 23.2. The van der Waals surface area contributed by atoms with Crippen molar-refractivity contribution >= 4 is 33.1 Å². The summed E-state index contributed by atoms with van der Waals surface area (Å²) in [6, 6.07) is 7.28. The average Bonchev–Trinajstić information content (AvgIpc) is 3.26. The highest BCUT2D eigenvalue weighted by Crippen LogP contribution is 2.31. The highest BCUT2D eigenvalue weighted by atomic mass is 79.9. The number of aliphatic hydroxyl groups is 1. The molecule has 0 aliphatic carbocycles. The molecule has 3 heterocycles. The number of carbonyl (C=O) groups excluding carboxylic acids is 1. The standard InChI is InChI=1S/C26H33BrN4O5/c1-7-18-19(27)20-21(35-22(28-20)16-8-10-17(11-9-16)26(5,6)34)23(32)31(18)30-14-12-29(13-15-30)24(33)36-25(2,3)4/h8-11,34H,7,12-15H2,1-6H3. The Bertz CT molecular complexity index is 1320. The molecule has 1 amide bonds. The lowest BCUT2D eigenvalue weighted by Gasteiger charge is -2.38. The van der Waals surface area contributed by atoms with E-state index >= 15 is 0 Å². The quantitative estimate of drug-likeness (QED) is 0.504. The maximum atomic E-state index is 13.6. The molecule has 3 aromatic rings. The summed E-state index contributed by atoms with van der Waals surface area (Å²) in [4.78, 5) is 32.4. The van der Waals surface area contributed by atoms with E-state index in [2.05, 4.69) is 20.9 Å². The molecule has 4 rings (SSSR count). The predicted octanol–water partition coefficient (Wildman–Crippen LogP) is 4.40. The van der Waals surface area contributed by atoms with E-state index in [-0.39, 0.29) is 17.2 Å². The van der Waals surface area contributed by atoms with Crippen molar-refractivity contribution < 1.29 is 19.1 Å². The van der Waals surface area contributed by atoms with Crippen LogP contribution < -0.4 is 10.6 Å². The number of benzene rings is 1. The fourth-order valence-corrected chi connectivity index (χ4v) is 4.93. The van der Waals surface area contributed by atoms with E-state index in [1.165, 1.54) is 0 Å². The van der Waals surface area contributed by atoms with Gasteiger partial charge >= 0.3 is 11.7 Å². The van der Waals surface area contributed by atoms with Gasteiger partial charge in [0.05, 0.1) is 28.9 Å². The number of ether oxygens (including phenoxy) is 1. The van der Waals surface area contributed by atoms with E-state index in [9.17, 15) is 14.7 Å². The van der Waals surface area contributed by atoms with Gasteiger partial charge in [0.15, 0.2) is 0 Å². The molecule has 1 N–H and O–H groups in total. The number of aromatic nitrogens is 2. The molecule has 2 aromatic heterocycles. The molecule has 10 heteroatoms. The van der Waals surface area contributed by atoms with Crippen molar-refractivity contribution in [1.29, 1.82) is 0 Å². The fourth-order valence-electron chi connectivity index (χ4n) is 4.22. The third kappa shape index (κ3) is 5.15. The Morgan fingerprint density at radius 1 is 1.11 bits per heavy atom. The normalized spacial score (nSPS) is 15.0. The molecule has 0 spiro atoms. The molecule has 0 unspecified atom stereocenters. The van der Waals surface area contributed by atoms with E-state index in [0.29, 0.717) is 54.0 Å². The van der Waals surface area contributed by atoms with Crippen LogP contribution >= 0.6 is 15.9 Å². The van der Waals surface area contributed by atoms with Crippen molar-refractivity contribution in [1.82, 2.24) is 14.6 Å². The van der Waals surface area contributed by atoms with E-state index in [0.717, 1.165) is 11.3 Å². The van der Waals surface area contributed by atoms with Crippen molar-refractivity contribution in [2.75, 3.05) is 31.2 Å². The van der Waals surface area contributed by atoms with Crippen molar-refractivity contribution in [2.45, 2.75) is 59.2 Å². The summed E-state index contributed by atoms with van der Waals surface area (Å²) in [6.45, 7) is 12.8. The molecule has 1 aliphatic rings. The molecule has 1 fully saturated rings. The summed E-state index contributed by atoms with van der Waals surface area (Å²) in [5.41, 5.74) is 1.09. The summed E-state index contributed by atoms with van der Waals surface area (Å²) in [6.07, 6.45) is 0.248. The van der Waals surface area contributed by atoms with Crippen LogP contribution in [0.3, 0.4) is 0 Å². The van der Waals surface area contributed by atoms with Crippen LogP contribution in [-0.2, 0) is 16.8 Å². The van der Waals surface area contributed by atoms with Gasteiger partial charge < -0.3 is 24.2 Å². The van der Waals surface area contributed by atoms with Gasteiger partial charge in [-0.15, -0.1) is 0 Å². The lowest BCUT2D eigenvalue weighted by molar-refractivity contribution is 0.0231. The molecule has 9 nitrogen and oxygen atoms in total. The second-order valence-electron chi connectivity index (χ2n) is 10.5. The number of rotatable bonds is 4. The van der Waals surface area contributed by atoms with Gasteiger partial charge in [-0.25, -0.2) is 14.5 Å². The number of nitrogens with zero attached hydrogens (tertiary/aromatic N) is 4. The van der Waals surface area contributed by atoms with Gasteiger partial charge in [0, 0.05) is 18.7 Å². The molecule has 0 atom stereocenters. The van der Waals surface area contributed by atoms with E-state index in [4.69, 9.17) is 9.15 Å². The predicted molar refractivity (Wildman–Crippen MR) is 142 cm³/mol. The highest BCUT2D eigenvalue weighted by Gasteiger charge is 2.29. The third-order valence-electron chi connectivity index (χ3n) is 6.09. The topological polar surface area (TPSA) is 101 Å². The Morgan fingerprint density at radius 2 is 1.72 bits per heavy atom. The van der Waals surface area contributed by atoms with Gasteiger partial charge in [0.2, 0.25) is 11.5 Å². The number of pyridine rings is 1. The lowest BCUT2D eigenvalue weighted by atomic mass is 9.97. The van der Waals surface area contributed by atoms with Crippen LogP contribution in [0.2, 0.25) is 0 Å². The van der Waals surface area contributed by atoms with Gasteiger partial charge in [-0.2, -0.15) is 0 Å². The average molecular weight is 561 g/mol. The first-order valence-corrected chi connectivity index (χ1v) is 12.9. The molecule has 1 aromatic carbocycles. The minimum absolute atomic E-state index is 0.162. The monoisotopic (exact) mass is 560 g/mol. The zero-order valence-electron chi connectivity index (χ0n) is 21.6. The summed E-state index contributed by atoms with van der Waals surface area (Å²) >= 11 is 3.66. The van der Waals surface area contributed by atoms with Crippen molar-refractivity contribution in [3.63, 3.8) is 0 Å². The minimum Gasteiger partial charge on any atom is -0.444 e. The summed E-state index contributed by atoms with van der Waals surface area (Å²) in [5, 5.41) is 12.2. The Kier molecular flexibility index (Phi) is 6.96. The Balaban J connectivity index is 1.66. The van der Waals surface area contributed by atoms with E-state index < -0.39 is 11.2 Å². The SMILES string of the molecule is CCc1c(Br)c2nc(-c3ccc(C(C)(C)O)cc3)oc2c(=O)n1N1CCN(C(=O)OC(C)(C)C)CC1. The number of carbonyl (C=O) groups is 1. The van der Waals surface area contributed by atoms with E-state index in [1.54, 1.807) is 23.4 Å². The van der Waals surface area contributed by atoms with Gasteiger partial charge in [0.1, 0.15) is 11.1 Å². The second kappa shape index (κ2) is 9.55. The van der Waals surface area contributed by atoms with Crippen LogP contribution in [0.4, 0.5) is 4.79 Å². The number of piperazine rings is 1. The Labute approximate surface area is 218 Å². The van der Waals surface area contributed by atoms with Crippen LogP contribution in [0.1, 0.15) is 52.8 Å². The first-order chi connectivity index (χ1) is 16.8. The maximum Gasteiger partial charge on any atom is 0.410 e. The van der Waals surface area contributed by atoms with Gasteiger partial charge in [0.25, 0.3) is 0 Å². The molecular weight excluding hydrogens is 528 g/mol. The molecule has 194 valence electrons. The summed E-state index contributed by atoms with van der Waals surface area (Å²) in [7, 11) is 0. The molecule has 0 saturated carbocycles. The molecular formula is C26H33BrN4O5. The molecule has 0 bridgehead atoms. The van der Waals surface area contributed by atoms with Crippen LogP contribution in [-0.4, -0.2) is 57.5 Å². The van der Waals surface area contributed by atoms with E-state index in [1.807, 2.05) is 57.0 Å². The lowest BCUT2D eigenvalue weighted by Crippen LogP contribution is -2.56. The number of hydrogen-bond donors (Lipinski definition) is 1. The van der Waals surface area contributed by atoms with Crippen molar-refractivity contribution in [2.24, 2.45) is 0 Å². The molecule has 1 saturated heterocycles. The zero-order chi connectivity index (χ0) is 26.4. The molecule has 36 heavy (non-hydrogen) atoms. The van der Waals surface area contributed by atoms with Gasteiger partial charge in [-0.1, -0.05) is 19.1 Å². The van der Waals surface area contributed by atoms with Crippen molar-refractivity contribution in [3.05, 3.63) is 50.3 Å². The Hall–Kier alpha value is -2.85. The number of fused-ring (bicyclic) bond motifs is 1. The Morgan fingerprint density at radius 3 is 2.25 bits per heavy atom. The summed E-state index contributed by atoms with van der Waals surface area (Å²) in [5.74, 6) is 0.333. The highest BCUT2D eigenvalue weighted by molar-refractivity contribution is 9.10. The maximum absolute atomic E-state index is 13.6. The molecule has 0 radical (unpaired) electrons.